The summed E-state index contributed by atoms with van der Waals surface area (Å²) in [6.45, 7) is 7.75. The quantitative estimate of drug-likeness (QED) is 0.846. The summed E-state index contributed by atoms with van der Waals surface area (Å²) in [5.41, 5.74) is 4.28. The summed E-state index contributed by atoms with van der Waals surface area (Å²) in [4.78, 5) is 7.86. The van der Waals surface area contributed by atoms with Gasteiger partial charge in [-0.25, -0.2) is 4.98 Å². The Labute approximate surface area is 118 Å². The molecule has 0 aromatic carbocycles. The Hall–Kier alpha value is -1.17. The fourth-order valence-electron chi connectivity index (χ4n) is 1.95. The summed E-state index contributed by atoms with van der Waals surface area (Å²) < 4.78 is 5.59. The molecule has 0 radical (unpaired) electrons. The lowest BCUT2D eigenvalue weighted by Gasteiger charge is -2.15. The van der Waals surface area contributed by atoms with Crippen molar-refractivity contribution < 1.29 is 4.42 Å². The number of nitrogens with zero attached hydrogens (tertiary/aromatic N) is 2. The summed E-state index contributed by atoms with van der Waals surface area (Å²) >= 11 is 1.71. The molecule has 0 aliphatic heterocycles. The number of aryl methyl sites for hydroxylation is 1. The molecule has 104 valence electrons. The molecule has 0 amide bonds. The fraction of sp³-hybridized carbons (Fsp3) is 0.500. The zero-order chi connectivity index (χ0) is 13.7. The van der Waals surface area contributed by atoms with Gasteiger partial charge in [-0.05, 0) is 26.6 Å². The molecule has 2 heterocycles. The van der Waals surface area contributed by atoms with Crippen LogP contribution >= 0.6 is 11.3 Å². The van der Waals surface area contributed by atoms with Gasteiger partial charge in [-0.3, -0.25) is 4.90 Å². The SMILES string of the molecule is CCNCc1ccoc1CN(C)Cc1scnc1C. The highest BCUT2D eigenvalue weighted by molar-refractivity contribution is 7.09. The molecule has 0 saturated heterocycles. The topological polar surface area (TPSA) is 41.3 Å². The first-order valence-corrected chi connectivity index (χ1v) is 7.42. The van der Waals surface area contributed by atoms with Crippen LogP contribution in [0.2, 0.25) is 0 Å². The third kappa shape index (κ3) is 3.89. The predicted molar refractivity (Wildman–Crippen MR) is 78.1 cm³/mol. The van der Waals surface area contributed by atoms with E-state index in [4.69, 9.17) is 4.42 Å². The van der Waals surface area contributed by atoms with Crippen molar-refractivity contribution in [1.82, 2.24) is 15.2 Å². The Morgan fingerprint density at radius 2 is 2.26 bits per heavy atom. The van der Waals surface area contributed by atoms with Crippen molar-refractivity contribution in [3.05, 3.63) is 39.7 Å². The van der Waals surface area contributed by atoms with E-state index in [1.807, 2.05) is 11.6 Å². The molecule has 19 heavy (non-hydrogen) atoms. The first-order valence-electron chi connectivity index (χ1n) is 6.54. The van der Waals surface area contributed by atoms with E-state index in [9.17, 15) is 0 Å². The van der Waals surface area contributed by atoms with E-state index in [0.29, 0.717) is 0 Å². The lowest BCUT2D eigenvalue weighted by molar-refractivity contribution is 0.287. The van der Waals surface area contributed by atoms with Gasteiger partial charge in [0.05, 0.1) is 24.0 Å². The van der Waals surface area contributed by atoms with Gasteiger partial charge in [0.15, 0.2) is 0 Å². The summed E-state index contributed by atoms with van der Waals surface area (Å²) in [6.07, 6.45) is 1.77. The number of rotatable bonds is 7. The van der Waals surface area contributed by atoms with E-state index < -0.39 is 0 Å². The van der Waals surface area contributed by atoms with Crippen LogP contribution in [-0.2, 0) is 19.6 Å². The van der Waals surface area contributed by atoms with Crippen LogP contribution in [0, 0.1) is 6.92 Å². The first kappa shape index (κ1) is 14.2. The van der Waals surface area contributed by atoms with E-state index in [2.05, 4.69) is 36.1 Å². The number of furan rings is 1. The van der Waals surface area contributed by atoms with Crippen LogP contribution < -0.4 is 5.32 Å². The Bertz CT molecular complexity index is 506. The van der Waals surface area contributed by atoms with Crippen LogP contribution in [0.4, 0.5) is 0 Å². The van der Waals surface area contributed by atoms with Gasteiger partial charge >= 0.3 is 0 Å². The molecule has 0 fully saturated rings. The van der Waals surface area contributed by atoms with Crippen molar-refractivity contribution in [2.45, 2.75) is 33.5 Å². The fourth-order valence-corrected chi connectivity index (χ4v) is 2.80. The number of aromatic nitrogens is 1. The molecule has 2 aromatic heterocycles. The van der Waals surface area contributed by atoms with E-state index in [1.54, 1.807) is 17.6 Å². The van der Waals surface area contributed by atoms with E-state index >= 15 is 0 Å². The molecule has 0 spiro atoms. The highest BCUT2D eigenvalue weighted by atomic mass is 32.1. The van der Waals surface area contributed by atoms with Crippen LogP contribution in [-0.4, -0.2) is 23.5 Å². The van der Waals surface area contributed by atoms with Gasteiger partial charge in [0, 0.05) is 23.5 Å². The lowest BCUT2D eigenvalue weighted by Crippen LogP contribution is -2.19. The molecule has 0 aliphatic carbocycles. The van der Waals surface area contributed by atoms with Crippen LogP contribution in [0.3, 0.4) is 0 Å². The summed E-state index contributed by atoms with van der Waals surface area (Å²) in [5.74, 6) is 1.05. The van der Waals surface area contributed by atoms with Gasteiger partial charge in [0.1, 0.15) is 5.76 Å². The molecule has 0 saturated carbocycles. The summed E-state index contributed by atoms with van der Waals surface area (Å²) in [6, 6.07) is 2.05. The maximum atomic E-state index is 5.59. The number of nitrogens with one attached hydrogen (secondary N) is 1. The Morgan fingerprint density at radius 1 is 1.42 bits per heavy atom. The molecule has 4 nitrogen and oxygen atoms in total. The highest BCUT2D eigenvalue weighted by Gasteiger charge is 2.11. The van der Waals surface area contributed by atoms with Crippen LogP contribution in [0.5, 0.6) is 0 Å². The average Bonchev–Trinajstić information content (AvgIpc) is 2.97. The number of hydrogen-bond donors (Lipinski definition) is 1. The predicted octanol–water partition coefficient (Wildman–Crippen LogP) is 2.79. The summed E-state index contributed by atoms with van der Waals surface area (Å²) in [7, 11) is 2.11. The van der Waals surface area contributed by atoms with E-state index in [1.165, 1.54) is 10.4 Å². The third-order valence-electron chi connectivity index (χ3n) is 3.08. The standard InChI is InChI=1S/C14H21N3OS/c1-4-15-7-12-5-6-18-13(12)8-17(3)9-14-11(2)16-10-19-14/h5-6,10,15H,4,7-9H2,1-3H3. The van der Waals surface area contributed by atoms with Crippen molar-refractivity contribution in [2.24, 2.45) is 0 Å². The molecule has 1 N–H and O–H groups in total. The summed E-state index contributed by atoms with van der Waals surface area (Å²) in [5, 5.41) is 3.33. The van der Waals surface area contributed by atoms with Crippen molar-refractivity contribution in [3.63, 3.8) is 0 Å². The Morgan fingerprint density at radius 3 is 2.95 bits per heavy atom. The van der Waals surface area contributed by atoms with Gasteiger partial charge in [0.25, 0.3) is 0 Å². The van der Waals surface area contributed by atoms with Gasteiger partial charge in [-0.1, -0.05) is 6.92 Å². The molecule has 2 rings (SSSR count). The second kappa shape index (κ2) is 6.84. The van der Waals surface area contributed by atoms with Gasteiger partial charge in [-0.15, -0.1) is 11.3 Å². The van der Waals surface area contributed by atoms with Gasteiger partial charge in [-0.2, -0.15) is 0 Å². The van der Waals surface area contributed by atoms with Crippen molar-refractivity contribution in [1.29, 1.82) is 0 Å². The van der Waals surface area contributed by atoms with Crippen molar-refractivity contribution in [2.75, 3.05) is 13.6 Å². The maximum absolute atomic E-state index is 5.59. The Balaban J connectivity index is 1.93. The van der Waals surface area contributed by atoms with Crippen molar-refractivity contribution >= 4 is 11.3 Å². The van der Waals surface area contributed by atoms with Crippen molar-refractivity contribution in [3.8, 4) is 0 Å². The zero-order valence-corrected chi connectivity index (χ0v) is 12.6. The minimum absolute atomic E-state index is 0.824. The average molecular weight is 279 g/mol. The van der Waals surface area contributed by atoms with E-state index in [0.717, 1.165) is 37.6 Å². The second-order valence-corrected chi connectivity index (χ2v) is 5.62. The molecule has 0 unspecified atom stereocenters. The minimum atomic E-state index is 0.824. The third-order valence-corrected chi connectivity index (χ3v) is 3.99. The highest BCUT2D eigenvalue weighted by Crippen LogP contribution is 2.17. The first-order chi connectivity index (χ1) is 9.20. The zero-order valence-electron chi connectivity index (χ0n) is 11.8. The molecular formula is C14H21N3OS. The van der Waals surface area contributed by atoms with Crippen LogP contribution in [0.25, 0.3) is 0 Å². The molecular weight excluding hydrogens is 258 g/mol. The van der Waals surface area contributed by atoms with Crippen LogP contribution in [0.15, 0.2) is 22.3 Å². The Kier molecular flexibility index (Phi) is 5.13. The molecule has 2 aromatic rings. The minimum Gasteiger partial charge on any atom is -0.468 e. The van der Waals surface area contributed by atoms with Crippen LogP contribution in [0.1, 0.15) is 28.8 Å². The van der Waals surface area contributed by atoms with E-state index in [-0.39, 0.29) is 0 Å². The molecule has 0 aliphatic rings. The lowest BCUT2D eigenvalue weighted by atomic mass is 10.2. The molecule has 0 atom stereocenters. The smallest absolute Gasteiger partial charge is 0.122 e. The maximum Gasteiger partial charge on any atom is 0.122 e. The van der Waals surface area contributed by atoms with Gasteiger partial charge < -0.3 is 9.73 Å². The number of thiazole rings is 1. The normalized spacial score (nSPS) is 11.4. The second-order valence-electron chi connectivity index (χ2n) is 4.68. The number of hydrogen-bond acceptors (Lipinski definition) is 5. The van der Waals surface area contributed by atoms with Gasteiger partial charge in [0.2, 0.25) is 0 Å². The molecule has 5 heteroatoms. The largest absolute Gasteiger partial charge is 0.468 e. The monoisotopic (exact) mass is 279 g/mol. The molecule has 0 bridgehead atoms.